The van der Waals surface area contributed by atoms with Crippen molar-refractivity contribution in [2.45, 2.75) is 13.0 Å². The first-order chi connectivity index (χ1) is 10.3. The van der Waals surface area contributed by atoms with Crippen LogP contribution in [0.2, 0.25) is 0 Å². The van der Waals surface area contributed by atoms with E-state index in [0.29, 0.717) is 0 Å². The van der Waals surface area contributed by atoms with Crippen molar-refractivity contribution in [3.63, 3.8) is 0 Å². The highest BCUT2D eigenvalue weighted by Gasteiger charge is 2.23. The summed E-state index contributed by atoms with van der Waals surface area (Å²) in [5.41, 5.74) is 3.08. The van der Waals surface area contributed by atoms with Gasteiger partial charge in [-0.15, -0.1) is 0 Å². The highest BCUT2D eigenvalue weighted by atomic mass is 16.2. The van der Waals surface area contributed by atoms with Crippen LogP contribution in [0.25, 0.3) is 11.1 Å². The number of nitrogens with zero attached hydrogens (tertiary/aromatic N) is 1. The minimum Gasteiger partial charge on any atom is -0.333 e. The lowest BCUT2D eigenvalue weighted by Gasteiger charge is -2.34. The highest BCUT2D eigenvalue weighted by Crippen LogP contribution is 2.20. The van der Waals surface area contributed by atoms with Gasteiger partial charge in [0.05, 0.1) is 0 Å². The second-order valence-electron chi connectivity index (χ2n) is 5.50. The molecule has 108 valence electrons. The van der Waals surface area contributed by atoms with E-state index in [4.69, 9.17) is 0 Å². The zero-order chi connectivity index (χ0) is 14.7. The second-order valence-corrected chi connectivity index (χ2v) is 5.50. The van der Waals surface area contributed by atoms with E-state index >= 15 is 0 Å². The maximum atomic E-state index is 12.6. The normalized spacial score (nSPS) is 18.5. The fourth-order valence-corrected chi connectivity index (χ4v) is 2.74. The molecule has 0 aliphatic carbocycles. The zero-order valence-electron chi connectivity index (χ0n) is 12.3. The van der Waals surface area contributed by atoms with Crippen molar-refractivity contribution in [2.24, 2.45) is 0 Å². The molecule has 1 atom stereocenters. The van der Waals surface area contributed by atoms with Crippen LogP contribution in [0.1, 0.15) is 17.3 Å². The van der Waals surface area contributed by atoms with Crippen LogP contribution in [-0.4, -0.2) is 36.5 Å². The lowest BCUT2D eigenvalue weighted by molar-refractivity contribution is 0.0656. The number of hydrogen-bond acceptors (Lipinski definition) is 2. The lowest BCUT2D eigenvalue weighted by atomic mass is 10.0. The maximum absolute atomic E-state index is 12.6. The van der Waals surface area contributed by atoms with E-state index in [2.05, 4.69) is 24.4 Å². The minimum absolute atomic E-state index is 0.128. The first-order valence-corrected chi connectivity index (χ1v) is 7.43. The quantitative estimate of drug-likeness (QED) is 0.917. The number of nitrogens with one attached hydrogen (secondary N) is 1. The minimum atomic E-state index is 0.128. The molecule has 1 N–H and O–H groups in total. The van der Waals surface area contributed by atoms with Gasteiger partial charge in [0.25, 0.3) is 5.91 Å². The number of carbonyl (C=O) groups is 1. The van der Waals surface area contributed by atoms with Crippen molar-refractivity contribution in [1.82, 2.24) is 10.2 Å². The summed E-state index contributed by atoms with van der Waals surface area (Å²) in [5, 5.41) is 3.31. The molecule has 0 bridgehead atoms. The van der Waals surface area contributed by atoms with Gasteiger partial charge in [-0.2, -0.15) is 0 Å². The molecule has 0 radical (unpaired) electrons. The molecule has 1 aliphatic heterocycles. The van der Waals surface area contributed by atoms with E-state index in [1.165, 1.54) is 5.56 Å². The third kappa shape index (κ3) is 2.98. The molecule has 1 heterocycles. The summed E-state index contributed by atoms with van der Waals surface area (Å²) in [4.78, 5) is 14.5. The Labute approximate surface area is 125 Å². The number of carbonyl (C=O) groups excluding carboxylic acids is 1. The first-order valence-electron chi connectivity index (χ1n) is 7.43. The van der Waals surface area contributed by atoms with Crippen molar-refractivity contribution in [3.05, 3.63) is 60.2 Å². The van der Waals surface area contributed by atoms with E-state index in [9.17, 15) is 4.79 Å². The first kappa shape index (κ1) is 13.8. The Morgan fingerprint density at radius 3 is 2.38 bits per heavy atom. The van der Waals surface area contributed by atoms with Gasteiger partial charge in [-0.05, 0) is 30.2 Å². The van der Waals surface area contributed by atoms with E-state index < -0.39 is 0 Å². The molecule has 1 amide bonds. The Kier molecular flexibility index (Phi) is 4.02. The number of rotatable bonds is 2. The molecule has 21 heavy (non-hydrogen) atoms. The Bertz CT molecular complexity index is 607. The van der Waals surface area contributed by atoms with Crippen molar-refractivity contribution in [3.8, 4) is 11.1 Å². The Balaban J connectivity index is 1.79. The van der Waals surface area contributed by atoms with Crippen LogP contribution < -0.4 is 5.32 Å². The summed E-state index contributed by atoms with van der Waals surface area (Å²) in [7, 11) is 0. The summed E-state index contributed by atoms with van der Waals surface area (Å²) in [6.45, 7) is 4.61. The van der Waals surface area contributed by atoms with Gasteiger partial charge in [-0.25, -0.2) is 0 Å². The highest BCUT2D eigenvalue weighted by molar-refractivity contribution is 5.95. The summed E-state index contributed by atoms with van der Waals surface area (Å²) in [6.07, 6.45) is 0. The monoisotopic (exact) mass is 280 g/mol. The van der Waals surface area contributed by atoms with Crippen molar-refractivity contribution in [2.75, 3.05) is 19.6 Å². The van der Waals surface area contributed by atoms with Crippen LogP contribution in [-0.2, 0) is 0 Å². The number of piperazine rings is 1. The number of hydrogen-bond donors (Lipinski definition) is 1. The molecule has 2 aromatic carbocycles. The van der Waals surface area contributed by atoms with Crippen LogP contribution in [0.4, 0.5) is 0 Å². The molecule has 0 unspecified atom stereocenters. The third-order valence-corrected chi connectivity index (χ3v) is 4.00. The second kappa shape index (κ2) is 6.10. The standard InChI is InChI=1S/C18H20N2O/c1-14-13-19-11-12-20(14)18(21)17-9-7-16(8-10-17)15-5-3-2-4-6-15/h2-10,14,19H,11-13H2,1H3/t14-/m0/s1. The molecular weight excluding hydrogens is 260 g/mol. The Hall–Kier alpha value is -2.13. The molecular formula is C18H20N2O. The van der Waals surface area contributed by atoms with Gasteiger partial charge in [0, 0.05) is 31.2 Å². The average Bonchev–Trinajstić information content (AvgIpc) is 2.56. The van der Waals surface area contributed by atoms with Gasteiger partial charge in [-0.1, -0.05) is 42.5 Å². The Morgan fingerprint density at radius 1 is 1.05 bits per heavy atom. The molecule has 3 rings (SSSR count). The van der Waals surface area contributed by atoms with Crippen LogP contribution in [0.5, 0.6) is 0 Å². The third-order valence-electron chi connectivity index (χ3n) is 4.00. The number of benzene rings is 2. The van der Waals surface area contributed by atoms with E-state index in [1.807, 2.05) is 47.4 Å². The van der Waals surface area contributed by atoms with Gasteiger partial charge in [0.2, 0.25) is 0 Å². The van der Waals surface area contributed by atoms with E-state index in [0.717, 1.165) is 30.8 Å². The van der Waals surface area contributed by atoms with Crippen molar-refractivity contribution >= 4 is 5.91 Å². The van der Waals surface area contributed by atoms with Crippen LogP contribution in [0.3, 0.4) is 0 Å². The zero-order valence-corrected chi connectivity index (χ0v) is 12.3. The molecule has 3 heteroatoms. The van der Waals surface area contributed by atoms with Gasteiger partial charge >= 0.3 is 0 Å². The fraction of sp³-hybridized carbons (Fsp3) is 0.278. The molecule has 2 aromatic rings. The molecule has 3 nitrogen and oxygen atoms in total. The molecule has 1 aliphatic rings. The average molecular weight is 280 g/mol. The van der Waals surface area contributed by atoms with Gasteiger partial charge in [-0.3, -0.25) is 4.79 Å². The molecule has 1 saturated heterocycles. The molecule has 0 saturated carbocycles. The van der Waals surface area contributed by atoms with Crippen LogP contribution in [0, 0.1) is 0 Å². The van der Waals surface area contributed by atoms with E-state index in [-0.39, 0.29) is 11.9 Å². The summed E-state index contributed by atoms with van der Waals surface area (Å²) in [5.74, 6) is 0.128. The fourth-order valence-electron chi connectivity index (χ4n) is 2.74. The predicted molar refractivity (Wildman–Crippen MR) is 85.2 cm³/mol. The van der Waals surface area contributed by atoms with Gasteiger partial charge < -0.3 is 10.2 Å². The molecule has 1 fully saturated rings. The largest absolute Gasteiger partial charge is 0.333 e. The van der Waals surface area contributed by atoms with Crippen LogP contribution in [0.15, 0.2) is 54.6 Å². The van der Waals surface area contributed by atoms with Gasteiger partial charge in [0.15, 0.2) is 0 Å². The van der Waals surface area contributed by atoms with E-state index in [1.54, 1.807) is 0 Å². The predicted octanol–water partition coefficient (Wildman–Crippen LogP) is 2.79. The van der Waals surface area contributed by atoms with Crippen molar-refractivity contribution < 1.29 is 4.79 Å². The topological polar surface area (TPSA) is 32.3 Å². The molecule has 0 aromatic heterocycles. The lowest BCUT2D eigenvalue weighted by Crippen LogP contribution is -2.52. The van der Waals surface area contributed by atoms with Gasteiger partial charge in [0.1, 0.15) is 0 Å². The maximum Gasteiger partial charge on any atom is 0.254 e. The number of amides is 1. The van der Waals surface area contributed by atoms with Crippen LogP contribution >= 0.6 is 0 Å². The summed E-state index contributed by atoms with van der Waals surface area (Å²) in [6, 6.07) is 18.4. The Morgan fingerprint density at radius 2 is 1.71 bits per heavy atom. The SMILES string of the molecule is C[C@H]1CNCCN1C(=O)c1ccc(-c2ccccc2)cc1. The smallest absolute Gasteiger partial charge is 0.254 e. The summed E-state index contributed by atoms with van der Waals surface area (Å²) < 4.78 is 0. The molecule has 0 spiro atoms. The van der Waals surface area contributed by atoms with Crippen molar-refractivity contribution in [1.29, 1.82) is 0 Å². The summed E-state index contributed by atoms with van der Waals surface area (Å²) >= 11 is 0.